The Morgan fingerprint density at radius 1 is 1.23 bits per heavy atom. The molecule has 4 rings (SSSR count). The Balaban J connectivity index is 1.58. The molecule has 1 aliphatic rings. The van der Waals surface area contributed by atoms with Crippen molar-refractivity contribution in [2.75, 3.05) is 18.0 Å². The Bertz CT molecular complexity index is 854. The highest BCUT2D eigenvalue weighted by atomic mass is 16.4. The van der Waals surface area contributed by atoms with Gasteiger partial charge in [0.25, 0.3) is 0 Å². The van der Waals surface area contributed by atoms with Crippen LogP contribution < -0.4 is 10.6 Å². The van der Waals surface area contributed by atoms with Crippen LogP contribution in [0.3, 0.4) is 0 Å². The molecular weight excluding hydrogens is 282 g/mol. The Labute approximate surface area is 126 Å². The Morgan fingerprint density at radius 3 is 2.73 bits per heavy atom. The minimum atomic E-state index is -0.0340. The number of nitrogens with zero attached hydrogens (tertiary/aromatic N) is 4. The largest absolute Gasteiger partial charge is 0.408 e. The van der Waals surface area contributed by atoms with Crippen molar-refractivity contribution in [1.29, 1.82) is 0 Å². The second kappa shape index (κ2) is 5.01. The van der Waals surface area contributed by atoms with Crippen LogP contribution in [0, 0.1) is 6.92 Å². The van der Waals surface area contributed by atoms with Crippen LogP contribution in [0.4, 0.5) is 6.01 Å². The number of aryl methyl sites for hydroxylation is 1. The molecule has 0 saturated carbocycles. The first-order chi connectivity index (χ1) is 10.7. The molecule has 3 heterocycles. The third kappa shape index (κ3) is 2.09. The van der Waals surface area contributed by atoms with E-state index < -0.39 is 0 Å². The van der Waals surface area contributed by atoms with E-state index in [1.54, 1.807) is 6.92 Å². The molecule has 1 aromatic carbocycles. The standard InChI is InChI=1S/C15H17N5O2/c1-10-17-18-15(22-10)19-8-6-11(7-9-19)20-13-5-3-2-4-12(13)16-14(20)21/h2-5,11H,6-9H2,1H3,(H,16,21). The van der Waals surface area contributed by atoms with E-state index >= 15 is 0 Å². The SMILES string of the molecule is Cc1nnc(N2CCC(n3c(=O)[nH]c4ccccc43)CC2)o1. The van der Waals surface area contributed by atoms with Crippen LogP contribution in [-0.4, -0.2) is 32.8 Å². The zero-order valence-electron chi connectivity index (χ0n) is 12.3. The number of para-hydroxylation sites is 2. The number of hydrogen-bond donors (Lipinski definition) is 1. The first-order valence-corrected chi connectivity index (χ1v) is 7.46. The summed E-state index contributed by atoms with van der Waals surface area (Å²) in [5, 5.41) is 7.93. The van der Waals surface area contributed by atoms with Gasteiger partial charge in [0, 0.05) is 26.1 Å². The van der Waals surface area contributed by atoms with Gasteiger partial charge in [-0.15, -0.1) is 5.10 Å². The fourth-order valence-electron chi connectivity index (χ4n) is 3.17. The van der Waals surface area contributed by atoms with Crippen molar-refractivity contribution in [3.8, 4) is 0 Å². The smallest absolute Gasteiger partial charge is 0.326 e. The van der Waals surface area contributed by atoms with E-state index in [9.17, 15) is 4.79 Å². The van der Waals surface area contributed by atoms with Gasteiger partial charge >= 0.3 is 11.7 Å². The maximum Gasteiger partial charge on any atom is 0.326 e. The van der Waals surface area contributed by atoms with Gasteiger partial charge in [0.15, 0.2) is 0 Å². The number of H-pyrrole nitrogens is 1. The lowest BCUT2D eigenvalue weighted by Crippen LogP contribution is -2.37. The number of fused-ring (bicyclic) bond motifs is 1. The summed E-state index contributed by atoms with van der Waals surface area (Å²) >= 11 is 0. The van der Waals surface area contributed by atoms with E-state index in [2.05, 4.69) is 20.1 Å². The van der Waals surface area contributed by atoms with Gasteiger partial charge in [-0.1, -0.05) is 17.2 Å². The lowest BCUT2D eigenvalue weighted by atomic mass is 10.0. The van der Waals surface area contributed by atoms with Crippen molar-refractivity contribution in [2.45, 2.75) is 25.8 Å². The molecule has 22 heavy (non-hydrogen) atoms. The maximum absolute atomic E-state index is 12.2. The average Bonchev–Trinajstić information content (AvgIpc) is 3.10. The third-order valence-electron chi connectivity index (χ3n) is 4.24. The first-order valence-electron chi connectivity index (χ1n) is 7.46. The number of imidazole rings is 1. The molecule has 2 aromatic heterocycles. The molecule has 0 aliphatic carbocycles. The van der Waals surface area contributed by atoms with Crippen molar-refractivity contribution in [3.63, 3.8) is 0 Å². The summed E-state index contributed by atoms with van der Waals surface area (Å²) in [6.07, 6.45) is 1.76. The minimum Gasteiger partial charge on any atom is -0.408 e. The molecule has 0 unspecified atom stereocenters. The number of rotatable bonds is 2. The quantitative estimate of drug-likeness (QED) is 0.781. The van der Waals surface area contributed by atoms with E-state index in [1.165, 1.54) is 0 Å². The van der Waals surface area contributed by atoms with Crippen LogP contribution in [0.25, 0.3) is 11.0 Å². The molecule has 7 heteroatoms. The highest BCUT2D eigenvalue weighted by Crippen LogP contribution is 2.27. The molecule has 0 atom stereocenters. The van der Waals surface area contributed by atoms with Crippen molar-refractivity contribution in [3.05, 3.63) is 40.6 Å². The summed E-state index contributed by atoms with van der Waals surface area (Å²) in [5.74, 6) is 0.574. The van der Waals surface area contributed by atoms with E-state index in [-0.39, 0.29) is 11.7 Å². The lowest BCUT2D eigenvalue weighted by molar-refractivity contribution is 0.379. The van der Waals surface area contributed by atoms with Gasteiger partial charge in [-0.3, -0.25) is 4.57 Å². The Hall–Kier alpha value is -2.57. The van der Waals surface area contributed by atoms with E-state index in [0.717, 1.165) is 37.0 Å². The number of hydrogen-bond acceptors (Lipinski definition) is 5. The summed E-state index contributed by atoms with van der Waals surface area (Å²) in [7, 11) is 0. The molecule has 114 valence electrons. The van der Waals surface area contributed by atoms with Crippen molar-refractivity contribution < 1.29 is 4.42 Å². The van der Waals surface area contributed by atoms with Gasteiger partial charge in [-0.25, -0.2) is 4.79 Å². The van der Waals surface area contributed by atoms with Gasteiger partial charge < -0.3 is 14.3 Å². The molecule has 3 aromatic rings. The number of aromatic nitrogens is 4. The normalized spacial score (nSPS) is 16.5. The first kappa shape index (κ1) is 13.1. The van der Waals surface area contributed by atoms with Gasteiger partial charge in [0.1, 0.15) is 0 Å². The molecule has 0 radical (unpaired) electrons. The number of benzene rings is 1. The summed E-state index contributed by atoms with van der Waals surface area (Å²) in [6, 6.07) is 8.59. The second-order valence-corrected chi connectivity index (χ2v) is 5.64. The minimum absolute atomic E-state index is 0.0340. The van der Waals surface area contributed by atoms with E-state index in [1.807, 2.05) is 28.8 Å². The maximum atomic E-state index is 12.2. The molecular formula is C15H17N5O2. The van der Waals surface area contributed by atoms with E-state index in [4.69, 9.17) is 4.42 Å². The topological polar surface area (TPSA) is 80.0 Å². The lowest BCUT2D eigenvalue weighted by Gasteiger charge is -2.31. The van der Waals surface area contributed by atoms with Crippen LogP contribution in [0.15, 0.2) is 33.5 Å². The summed E-state index contributed by atoms with van der Waals surface area (Å²) < 4.78 is 7.35. The molecule has 1 fully saturated rings. The van der Waals surface area contributed by atoms with Gasteiger partial charge in [-0.05, 0) is 25.0 Å². The highest BCUT2D eigenvalue weighted by molar-refractivity contribution is 5.75. The number of nitrogens with one attached hydrogen (secondary N) is 1. The second-order valence-electron chi connectivity index (χ2n) is 5.64. The van der Waals surface area contributed by atoms with E-state index in [0.29, 0.717) is 11.9 Å². The number of aromatic amines is 1. The molecule has 7 nitrogen and oxygen atoms in total. The summed E-state index contributed by atoms with van der Waals surface area (Å²) in [4.78, 5) is 17.2. The van der Waals surface area contributed by atoms with Crippen LogP contribution in [0.5, 0.6) is 0 Å². The van der Waals surface area contributed by atoms with Crippen molar-refractivity contribution in [2.24, 2.45) is 0 Å². The number of anilines is 1. The van der Waals surface area contributed by atoms with Gasteiger partial charge in [-0.2, -0.15) is 0 Å². The highest BCUT2D eigenvalue weighted by Gasteiger charge is 2.25. The van der Waals surface area contributed by atoms with Crippen LogP contribution in [-0.2, 0) is 0 Å². The molecule has 0 amide bonds. The molecule has 1 aliphatic heterocycles. The summed E-state index contributed by atoms with van der Waals surface area (Å²) in [5.41, 5.74) is 1.83. The average molecular weight is 299 g/mol. The molecule has 0 bridgehead atoms. The fraction of sp³-hybridized carbons (Fsp3) is 0.400. The Morgan fingerprint density at radius 2 is 2.00 bits per heavy atom. The predicted octanol–water partition coefficient (Wildman–Crippen LogP) is 1.86. The molecule has 1 N–H and O–H groups in total. The van der Waals surface area contributed by atoms with Crippen LogP contribution >= 0.6 is 0 Å². The molecule has 0 spiro atoms. The summed E-state index contributed by atoms with van der Waals surface area (Å²) in [6.45, 7) is 3.39. The van der Waals surface area contributed by atoms with Gasteiger partial charge in [0.05, 0.1) is 11.0 Å². The van der Waals surface area contributed by atoms with Gasteiger partial charge in [0.2, 0.25) is 5.89 Å². The van der Waals surface area contributed by atoms with Crippen molar-refractivity contribution >= 4 is 17.0 Å². The zero-order valence-corrected chi connectivity index (χ0v) is 12.3. The van der Waals surface area contributed by atoms with Crippen molar-refractivity contribution in [1.82, 2.24) is 19.7 Å². The third-order valence-corrected chi connectivity index (χ3v) is 4.24. The number of piperidine rings is 1. The monoisotopic (exact) mass is 299 g/mol. The predicted molar refractivity (Wildman–Crippen MR) is 82.1 cm³/mol. The fourth-order valence-corrected chi connectivity index (χ4v) is 3.17. The molecule has 1 saturated heterocycles. The Kier molecular flexibility index (Phi) is 2.99. The van der Waals surface area contributed by atoms with Crippen LogP contribution in [0.2, 0.25) is 0 Å². The zero-order chi connectivity index (χ0) is 15.1. The van der Waals surface area contributed by atoms with Crippen LogP contribution in [0.1, 0.15) is 24.8 Å².